The lowest BCUT2D eigenvalue weighted by atomic mass is 9.94. The summed E-state index contributed by atoms with van der Waals surface area (Å²) in [5.41, 5.74) is 4.74. The lowest BCUT2D eigenvalue weighted by Crippen LogP contribution is -2.29. The lowest BCUT2D eigenvalue weighted by molar-refractivity contribution is 0.0536. The first-order valence-electron chi connectivity index (χ1n) is 3.11. The van der Waals surface area contributed by atoms with E-state index in [2.05, 4.69) is 0 Å². The summed E-state index contributed by atoms with van der Waals surface area (Å²) in [6.45, 7) is 1.54. The van der Waals surface area contributed by atoms with Gasteiger partial charge in [-0.1, -0.05) is 6.08 Å². The maximum absolute atomic E-state index is 9.34. The van der Waals surface area contributed by atoms with Crippen LogP contribution in [0.3, 0.4) is 0 Å². The van der Waals surface area contributed by atoms with Gasteiger partial charge in [-0.15, -0.1) is 0 Å². The highest BCUT2D eigenvalue weighted by Crippen LogP contribution is 2.23. The molecule has 1 atom stereocenters. The van der Waals surface area contributed by atoms with Crippen molar-refractivity contribution in [1.29, 1.82) is 0 Å². The normalized spacial score (nSPS) is 33.0. The van der Waals surface area contributed by atoms with Gasteiger partial charge in [0.15, 0.2) is 0 Å². The first kappa shape index (κ1) is 7.15. The molecule has 0 spiro atoms. The van der Waals surface area contributed by atoms with Gasteiger partial charge in [-0.05, 0) is 6.92 Å². The van der Waals surface area contributed by atoms with Crippen LogP contribution in [0.4, 0.5) is 0 Å². The molecule has 0 fully saturated rings. The van der Waals surface area contributed by atoms with Crippen molar-refractivity contribution in [1.82, 2.24) is 0 Å². The lowest BCUT2D eigenvalue weighted by Gasteiger charge is -2.23. The molecule has 0 aliphatic heterocycles. The molecule has 0 amide bonds. The molecule has 0 aromatic heterocycles. The van der Waals surface area contributed by atoms with E-state index >= 15 is 0 Å². The molecule has 3 nitrogen and oxygen atoms in total. The van der Waals surface area contributed by atoms with Gasteiger partial charge in [0.1, 0.15) is 11.4 Å². The smallest absolute Gasteiger partial charge is 0.126 e. The third kappa shape index (κ3) is 1.14. The number of rotatable bonds is 0. The fraction of sp³-hybridized carbons (Fsp3) is 0.429. The summed E-state index contributed by atoms with van der Waals surface area (Å²) < 4.78 is 0. The summed E-state index contributed by atoms with van der Waals surface area (Å²) >= 11 is 0. The van der Waals surface area contributed by atoms with Crippen molar-refractivity contribution in [3.63, 3.8) is 0 Å². The molecule has 0 saturated carbocycles. The minimum Gasteiger partial charge on any atom is -0.509 e. The molecule has 1 unspecified atom stereocenters. The second kappa shape index (κ2) is 2.02. The molecule has 0 bridgehead atoms. The zero-order valence-corrected chi connectivity index (χ0v) is 5.83. The van der Waals surface area contributed by atoms with Crippen LogP contribution in [0.25, 0.3) is 0 Å². The van der Waals surface area contributed by atoms with Gasteiger partial charge >= 0.3 is 0 Å². The van der Waals surface area contributed by atoms with E-state index < -0.39 is 5.60 Å². The monoisotopic (exact) mass is 141 g/mol. The van der Waals surface area contributed by atoms with Crippen molar-refractivity contribution in [2.45, 2.75) is 18.9 Å². The van der Waals surface area contributed by atoms with Crippen molar-refractivity contribution in [3.8, 4) is 0 Å². The molecule has 0 aromatic rings. The minimum atomic E-state index is -1.12. The van der Waals surface area contributed by atoms with E-state index in [1.807, 2.05) is 0 Å². The van der Waals surface area contributed by atoms with Gasteiger partial charge in [0.25, 0.3) is 0 Å². The summed E-state index contributed by atoms with van der Waals surface area (Å²) in [6.07, 6.45) is 3.42. The third-order valence-electron chi connectivity index (χ3n) is 1.59. The van der Waals surface area contributed by atoms with Gasteiger partial charge in [-0.3, -0.25) is 0 Å². The molecule has 1 rings (SSSR count). The first-order valence-corrected chi connectivity index (χ1v) is 3.11. The van der Waals surface area contributed by atoms with Crippen LogP contribution < -0.4 is 5.73 Å². The molecule has 4 N–H and O–H groups in total. The zero-order chi connectivity index (χ0) is 7.78. The summed E-state index contributed by atoms with van der Waals surface area (Å²) in [5.74, 6) is -0.0625. The number of allylic oxidation sites excluding steroid dienone is 1. The van der Waals surface area contributed by atoms with Gasteiger partial charge in [0.2, 0.25) is 0 Å². The van der Waals surface area contributed by atoms with Gasteiger partial charge < -0.3 is 15.9 Å². The SMILES string of the molecule is CC1(O)CC=C(N)C=C1O. The van der Waals surface area contributed by atoms with Gasteiger partial charge in [0, 0.05) is 18.2 Å². The van der Waals surface area contributed by atoms with Crippen LogP contribution in [-0.4, -0.2) is 15.8 Å². The van der Waals surface area contributed by atoms with Crippen molar-refractivity contribution >= 4 is 0 Å². The van der Waals surface area contributed by atoms with Gasteiger partial charge in [-0.2, -0.15) is 0 Å². The summed E-state index contributed by atoms with van der Waals surface area (Å²) in [4.78, 5) is 0. The maximum Gasteiger partial charge on any atom is 0.126 e. The Kier molecular flexibility index (Phi) is 1.45. The molecule has 0 saturated heterocycles. The summed E-state index contributed by atoms with van der Waals surface area (Å²) in [7, 11) is 0. The van der Waals surface area contributed by atoms with Crippen LogP contribution in [0.1, 0.15) is 13.3 Å². The Bertz CT molecular complexity index is 204. The molecule has 0 aromatic carbocycles. The van der Waals surface area contributed by atoms with Crippen LogP contribution in [0, 0.1) is 0 Å². The predicted octanol–water partition coefficient (Wildman–Crippen LogP) is 0.426. The predicted molar refractivity (Wildman–Crippen MR) is 38.2 cm³/mol. The van der Waals surface area contributed by atoms with E-state index in [-0.39, 0.29) is 5.76 Å². The van der Waals surface area contributed by atoms with Crippen molar-refractivity contribution in [2.75, 3.05) is 0 Å². The Balaban J connectivity index is 2.88. The fourth-order valence-electron chi connectivity index (χ4n) is 0.793. The molecular formula is C7H11NO2. The number of aliphatic hydroxyl groups excluding tert-OH is 1. The molecule has 1 aliphatic rings. The zero-order valence-electron chi connectivity index (χ0n) is 5.83. The second-order valence-electron chi connectivity index (χ2n) is 2.71. The van der Waals surface area contributed by atoms with Gasteiger partial charge in [-0.25, -0.2) is 0 Å². The Morgan fingerprint density at radius 3 is 2.70 bits per heavy atom. The molecule has 1 aliphatic carbocycles. The van der Waals surface area contributed by atoms with Crippen molar-refractivity contribution in [2.24, 2.45) is 5.73 Å². The second-order valence-corrected chi connectivity index (χ2v) is 2.71. The molecule has 10 heavy (non-hydrogen) atoms. The topological polar surface area (TPSA) is 66.5 Å². The minimum absolute atomic E-state index is 0.0625. The van der Waals surface area contributed by atoms with Gasteiger partial charge in [0.05, 0.1) is 0 Å². The molecule has 56 valence electrons. The standard InChI is InChI=1S/C7H11NO2/c1-7(10)3-2-5(8)4-6(7)9/h2,4,9-10H,3,8H2,1H3. The van der Waals surface area contributed by atoms with Crippen LogP contribution in [-0.2, 0) is 0 Å². The Hall–Kier alpha value is -0.960. The first-order chi connectivity index (χ1) is 4.52. The number of aliphatic hydroxyl groups is 2. The van der Waals surface area contributed by atoms with Crippen molar-refractivity contribution in [3.05, 3.63) is 23.6 Å². The summed E-state index contributed by atoms with van der Waals surface area (Å²) in [5, 5.41) is 18.4. The van der Waals surface area contributed by atoms with E-state index in [1.165, 1.54) is 6.08 Å². The largest absolute Gasteiger partial charge is 0.509 e. The average Bonchev–Trinajstić information content (AvgIpc) is 1.81. The highest BCUT2D eigenvalue weighted by molar-refractivity contribution is 5.27. The van der Waals surface area contributed by atoms with Crippen molar-refractivity contribution < 1.29 is 10.2 Å². The molecular weight excluding hydrogens is 130 g/mol. The highest BCUT2D eigenvalue weighted by Gasteiger charge is 2.26. The quantitative estimate of drug-likeness (QED) is 0.458. The number of nitrogens with two attached hydrogens (primary N) is 1. The number of hydrogen-bond donors (Lipinski definition) is 3. The maximum atomic E-state index is 9.34. The third-order valence-corrected chi connectivity index (χ3v) is 1.59. The van der Waals surface area contributed by atoms with E-state index in [1.54, 1.807) is 13.0 Å². The Labute approximate surface area is 59.5 Å². The average molecular weight is 141 g/mol. The molecule has 0 radical (unpaired) electrons. The molecule has 0 heterocycles. The van der Waals surface area contributed by atoms with Crippen LogP contribution >= 0.6 is 0 Å². The fourth-order valence-corrected chi connectivity index (χ4v) is 0.793. The Morgan fingerprint density at radius 2 is 2.30 bits per heavy atom. The van der Waals surface area contributed by atoms with Crippen LogP contribution in [0.5, 0.6) is 0 Å². The Morgan fingerprint density at radius 1 is 1.70 bits per heavy atom. The van der Waals surface area contributed by atoms with Crippen LogP contribution in [0.2, 0.25) is 0 Å². The van der Waals surface area contributed by atoms with Crippen LogP contribution in [0.15, 0.2) is 23.6 Å². The van der Waals surface area contributed by atoms with E-state index in [0.717, 1.165) is 0 Å². The van der Waals surface area contributed by atoms with E-state index in [9.17, 15) is 5.11 Å². The highest BCUT2D eigenvalue weighted by atomic mass is 16.3. The summed E-state index contributed by atoms with van der Waals surface area (Å²) in [6, 6.07) is 0. The van der Waals surface area contributed by atoms with E-state index in [4.69, 9.17) is 10.8 Å². The number of hydrogen-bond acceptors (Lipinski definition) is 3. The van der Waals surface area contributed by atoms with E-state index in [0.29, 0.717) is 12.1 Å². The molecule has 3 heteroatoms.